The maximum Gasteiger partial charge on any atom is 0.255 e. The largest absolute Gasteiger partial charge is 0.508 e. The van der Waals surface area contributed by atoms with Crippen LogP contribution in [0.25, 0.3) is 0 Å². The molecule has 5 nitrogen and oxygen atoms in total. The van der Waals surface area contributed by atoms with E-state index in [4.69, 9.17) is 12.2 Å². The number of hydrogen-bond donors (Lipinski definition) is 3. The number of aromatic nitrogens is 2. The summed E-state index contributed by atoms with van der Waals surface area (Å²) >= 11 is 5.02. The van der Waals surface area contributed by atoms with E-state index in [1.165, 1.54) is 0 Å². The van der Waals surface area contributed by atoms with Crippen LogP contribution in [0.2, 0.25) is 0 Å². The first-order valence-corrected chi connectivity index (χ1v) is 7.29. The number of aromatic amines is 2. The minimum atomic E-state index is -0.0909. The maximum atomic E-state index is 11.8. The van der Waals surface area contributed by atoms with Crippen LogP contribution in [-0.2, 0) is 19.5 Å². The van der Waals surface area contributed by atoms with Gasteiger partial charge in [-0.25, -0.2) is 0 Å². The van der Waals surface area contributed by atoms with Crippen molar-refractivity contribution in [1.29, 1.82) is 0 Å². The highest BCUT2D eigenvalue weighted by Crippen LogP contribution is 2.22. The molecule has 1 aliphatic rings. The Hall–Kier alpha value is -1.92. The smallest absolute Gasteiger partial charge is 0.255 e. The maximum absolute atomic E-state index is 11.8. The van der Waals surface area contributed by atoms with Crippen LogP contribution < -0.4 is 5.56 Å². The van der Waals surface area contributed by atoms with Gasteiger partial charge in [0, 0.05) is 36.5 Å². The molecule has 0 atom stereocenters. The van der Waals surface area contributed by atoms with Crippen LogP contribution >= 0.6 is 12.2 Å². The minimum absolute atomic E-state index is 0.0909. The Bertz CT molecular complexity index is 794. The summed E-state index contributed by atoms with van der Waals surface area (Å²) in [6, 6.07) is 5.60. The molecule has 0 aliphatic carbocycles. The number of fused-ring (bicyclic) bond motifs is 1. The van der Waals surface area contributed by atoms with Crippen LogP contribution in [0.4, 0.5) is 0 Å². The molecule has 0 unspecified atom stereocenters. The number of phenolic OH excluding ortho intramolecular Hbond substituents is 1. The van der Waals surface area contributed by atoms with Crippen LogP contribution in [-0.4, -0.2) is 26.5 Å². The number of H-pyrrole nitrogens is 2. The van der Waals surface area contributed by atoms with Crippen molar-refractivity contribution in [3.8, 4) is 5.75 Å². The molecule has 110 valence electrons. The molecular weight excluding hydrogens is 286 g/mol. The van der Waals surface area contributed by atoms with Gasteiger partial charge in [0.1, 0.15) is 5.75 Å². The van der Waals surface area contributed by atoms with Gasteiger partial charge in [-0.2, -0.15) is 0 Å². The van der Waals surface area contributed by atoms with Gasteiger partial charge in [-0.05, 0) is 31.6 Å². The lowest BCUT2D eigenvalue weighted by molar-refractivity contribution is 0.237. The number of hydrogen-bond acceptors (Lipinski definition) is 4. The lowest BCUT2D eigenvalue weighted by Gasteiger charge is -2.28. The highest BCUT2D eigenvalue weighted by atomic mass is 32.1. The predicted molar refractivity (Wildman–Crippen MR) is 82.9 cm³/mol. The summed E-state index contributed by atoms with van der Waals surface area (Å²) in [6.07, 6.45) is 0.684. The zero-order valence-corrected chi connectivity index (χ0v) is 12.6. The number of phenols is 1. The monoisotopic (exact) mass is 303 g/mol. The third-order valence-corrected chi connectivity index (χ3v) is 4.02. The van der Waals surface area contributed by atoms with Crippen LogP contribution in [0, 0.1) is 11.7 Å². The molecular formula is C15H17N3O2S. The highest BCUT2D eigenvalue weighted by molar-refractivity contribution is 7.71. The highest BCUT2D eigenvalue weighted by Gasteiger charge is 2.20. The molecule has 0 amide bonds. The summed E-state index contributed by atoms with van der Waals surface area (Å²) in [5, 5.41) is 9.94. The molecule has 0 radical (unpaired) electrons. The second-order valence-corrected chi connectivity index (χ2v) is 5.87. The molecule has 1 aromatic carbocycles. The van der Waals surface area contributed by atoms with E-state index in [9.17, 15) is 9.90 Å². The fourth-order valence-corrected chi connectivity index (χ4v) is 2.96. The molecule has 0 bridgehead atoms. The van der Waals surface area contributed by atoms with Crippen molar-refractivity contribution in [2.75, 3.05) is 6.54 Å². The molecule has 0 spiro atoms. The lowest BCUT2D eigenvalue weighted by atomic mass is 10.0. The molecule has 3 rings (SSSR count). The molecule has 0 saturated carbocycles. The molecule has 0 fully saturated rings. The first-order valence-electron chi connectivity index (χ1n) is 6.88. The van der Waals surface area contributed by atoms with Crippen molar-refractivity contribution in [3.05, 3.63) is 55.7 Å². The van der Waals surface area contributed by atoms with E-state index in [1.807, 2.05) is 19.1 Å². The summed E-state index contributed by atoms with van der Waals surface area (Å²) in [6.45, 7) is 4.08. The van der Waals surface area contributed by atoms with Gasteiger partial charge in [0.25, 0.3) is 5.56 Å². The van der Waals surface area contributed by atoms with E-state index in [0.717, 1.165) is 28.9 Å². The van der Waals surface area contributed by atoms with Crippen LogP contribution in [0.5, 0.6) is 5.75 Å². The Morgan fingerprint density at radius 1 is 1.38 bits per heavy atom. The van der Waals surface area contributed by atoms with Crippen molar-refractivity contribution < 1.29 is 5.11 Å². The third kappa shape index (κ3) is 2.91. The Morgan fingerprint density at radius 2 is 2.19 bits per heavy atom. The summed E-state index contributed by atoms with van der Waals surface area (Å²) in [5.74, 6) is 0.310. The van der Waals surface area contributed by atoms with Crippen molar-refractivity contribution in [1.82, 2.24) is 14.9 Å². The Kier molecular flexibility index (Phi) is 3.65. The molecule has 3 N–H and O–H groups in total. The number of nitrogens with one attached hydrogen (secondary N) is 2. The second kappa shape index (κ2) is 5.46. The fourth-order valence-electron chi connectivity index (χ4n) is 2.75. The quantitative estimate of drug-likeness (QED) is 0.742. The first-order chi connectivity index (χ1) is 10.0. The van der Waals surface area contributed by atoms with Gasteiger partial charge in [0.05, 0.1) is 0 Å². The summed E-state index contributed by atoms with van der Waals surface area (Å²) < 4.78 is 0.360. The number of benzene rings is 1. The summed E-state index contributed by atoms with van der Waals surface area (Å²) in [4.78, 5) is 19.7. The van der Waals surface area contributed by atoms with Gasteiger partial charge in [0.2, 0.25) is 0 Å². The van der Waals surface area contributed by atoms with E-state index in [2.05, 4.69) is 14.9 Å². The molecule has 0 saturated heterocycles. The van der Waals surface area contributed by atoms with Gasteiger partial charge < -0.3 is 10.1 Å². The lowest BCUT2D eigenvalue weighted by Crippen LogP contribution is -2.34. The Morgan fingerprint density at radius 3 is 3.00 bits per heavy atom. The topological polar surface area (TPSA) is 72.1 Å². The van der Waals surface area contributed by atoms with Crippen LogP contribution in [0.15, 0.2) is 23.0 Å². The second-order valence-electron chi connectivity index (χ2n) is 5.46. The SMILES string of the molecule is Cc1ccc(O)c(CN2CCc3c([nH]c(=S)[nH]c3=O)C2)c1. The molecule has 1 aliphatic heterocycles. The number of aryl methyl sites for hydroxylation is 1. The standard InChI is InChI=1S/C15H17N3O2S/c1-9-2-3-13(19)10(6-9)7-18-5-4-11-12(8-18)16-15(21)17-14(11)20/h2-3,6,19H,4-5,7-8H2,1H3,(H2,16,17,20,21). The van der Waals surface area contributed by atoms with E-state index >= 15 is 0 Å². The number of rotatable bonds is 2. The third-order valence-electron chi connectivity index (χ3n) is 3.82. The fraction of sp³-hybridized carbons (Fsp3) is 0.333. The minimum Gasteiger partial charge on any atom is -0.508 e. The van der Waals surface area contributed by atoms with Crippen LogP contribution in [0.3, 0.4) is 0 Å². The zero-order valence-electron chi connectivity index (χ0n) is 11.8. The van der Waals surface area contributed by atoms with Gasteiger partial charge in [0.15, 0.2) is 4.77 Å². The molecule has 2 aromatic rings. The Balaban J connectivity index is 1.85. The number of nitrogens with zero attached hydrogens (tertiary/aromatic N) is 1. The molecule has 21 heavy (non-hydrogen) atoms. The van der Waals surface area contributed by atoms with E-state index in [0.29, 0.717) is 30.0 Å². The van der Waals surface area contributed by atoms with E-state index in [-0.39, 0.29) is 5.56 Å². The van der Waals surface area contributed by atoms with Gasteiger partial charge >= 0.3 is 0 Å². The van der Waals surface area contributed by atoms with E-state index < -0.39 is 0 Å². The number of aromatic hydroxyl groups is 1. The predicted octanol–water partition coefficient (Wildman–Crippen LogP) is 2.00. The Labute approximate surface area is 127 Å². The van der Waals surface area contributed by atoms with Crippen molar-refractivity contribution in [3.63, 3.8) is 0 Å². The van der Waals surface area contributed by atoms with E-state index in [1.54, 1.807) is 6.07 Å². The normalized spacial score (nSPS) is 14.9. The van der Waals surface area contributed by atoms with Gasteiger partial charge in [-0.3, -0.25) is 14.7 Å². The van der Waals surface area contributed by atoms with Crippen molar-refractivity contribution in [2.45, 2.75) is 26.4 Å². The van der Waals surface area contributed by atoms with Crippen molar-refractivity contribution in [2.24, 2.45) is 0 Å². The van der Waals surface area contributed by atoms with Gasteiger partial charge in [-0.1, -0.05) is 17.7 Å². The summed E-state index contributed by atoms with van der Waals surface area (Å²) in [7, 11) is 0. The van der Waals surface area contributed by atoms with Crippen LogP contribution in [0.1, 0.15) is 22.4 Å². The zero-order chi connectivity index (χ0) is 15.0. The molecule has 2 heterocycles. The average Bonchev–Trinajstić information content (AvgIpc) is 2.42. The first kappa shape index (κ1) is 14.0. The molecule has 6 heteroatoms. The summed E-state index contributed by atoms with van der Waals surface area (Å²) in [5.41, 5.74) is 3.60. The molecule has 1 aromatic heterocycles. The van der Waals surface area contributed by atoms with Gasteiger partial charge in [-0.15, -0.1) is 0 Å². The van der Waals surface area contributed by atoms with Crippen molar-refractivity contribution >= 4 is 12.2 Å². The average molecular weight is 303 g/mol.